The normalized spacial score (nSPS) is 14.2. The number of hydrogen-bond donors (Lipinski definition) is 0. The van der Waals surface area contributed by atoms with Gasteiger partial charge in [0.15, 0.2) is 5.82 Å². The third-order valence-corrected chi connectivity index (χ3v) is 6.81. The Morgan fingerprint density at radius 2 is 1.49 bits per heavy atom. The van der Waals surface area contributed by atoms with E-state index in [1.54, 1.807) is 0 Å². The monoisotopic (exact) mass is 474 g/mol. The molecular weight excluding hydrogens is 432 g/mol. The first-order valence-corrected chi connectivity index (χ1v) is 13.6. The smallest absolute Gasteiger partial charge is 0.230 e. The Hall–Kier alpha value is -2.89. The van der Waals surface area contributed by atoms with Crippen molar-refractivity contribution in [1.82, 2.24) is 19.5 Å². The van der Waals surface area contributed by atoms with Gasteiger partial charge in [-0.1, -0.05) is 45.6 Å². The van der Waals surface area contributed by atoms with Crippen LogP contribution >= 0.6 is 0 Å². The van der Waals surface area contributed by atoms with Crippen LogP contribution in [0.2, 0.25) is 0 Å². The van der Waals surface area contributed by atoms with Crippen molar-refractivity contribution in [2.75, 3.05) is 36.0 Å². The van der Waals surface area contributed by atoms with Crippen molar-refractivity contribution in [3.05, 3.63) is 47.7 Å². The van der Waals surface area contributed by atoms with Gasteiger partial charge in [0.1, 0.15) is 0 Å². The molecule has 188 valence electrons. The molecule has 1 fully saturated rings. The number of aromatic nitrogens is 4. The summed E-state index contributed by atoms with van der Waals surface area (Å²) >= 11 is 0. The number of anilines is 2. The molecule has 0 unspecified atom stereocenters. The molecule has 6 nitrogen and oxygen atoms in total. The molecule has 0 amide bonds. The largest absolute Gasteiger partial charge is 0.341 e. The van der Waals surface area contributed by atoms with Gasteiger partial charge in [0.2, 0.25) is 11.9 Å². The van der Waals surface area contributed by atoms with Gasteiger partial charge in [0.05, 0.1) is 5.69 Å². The van der Waals surface area contributed by atoms with Gasteiger partial charge in [-0.3, -0.25) is 0 Å². The number of benzene rings is 1. The van der Waals surface area contributed by atoms with Gasteiger partial charge in [-0.25, -0.2) is 0 Å². The van der Waals surface area contributed by atoms with Gasteiger partial charge in [-0.15, -0.1) is 0 Å². The lowest BCUT2D eigenvalue weighted by molar-refractivity contribution is 0.658. The summed E-state index contributed by atoms with van der Waals surface area (Å²) in [5.74, 6) is 2.42. The van der Waals surface area contributed by atoms with Gasteiger partial charge in [-0.2, -0.15) is 15.0 Å². The van der Waals surface area contributed by atoms with Crippen molar-refractivity contribution in [3.63, 3.8) is 0 Å². The second-order valence-corrected chi connectivity index (χ2v) is 9.96. The van der Waals surface area contributed by atoms with Gasteiger partial charge in [0, 0.05) is 38.1 Å². The summed E-state index contributed by atoms with van der Waals surface area (Å²) in [5, 5.41) is 0. The number of hydrogen-bond acceptors (Lipinski definition) is 5. The number of aryl methyl sites for hydroxylation is 2. The van der Waals surface area contributed by atoms with Crippen LogP contribution in [0.1, 0.15) is 76.3 Å². The predicted octanol–water partition coefficient (Wildman–Crippen LogP) is 6.73. The van der Waals surface area contributed by atoms with E-state index in [9.17, 15) is 0 Å². The minimum Gasteiger partial charge on any atom is -0.341 e. The van der Waals surface area contributed by atoms with E-state index in [0.29, 0.717) is 0 Å². The Kier molecular flexibility index (Phi) is 8.78. The standard InChI is InChI=1S/C29H42N6/c1-5-7-15-33(16-8-6-2)28-30-27(31-29(32-28)34-17-11-9-10-12-18-34)26-14-13-19-35(26)25-21-23(3)20-24(4)22-25/h13-14,19-22H,5-12,15-18H2,1-4H3. The Morgan fingerprint density at radius 1 is 0.829 bits per heavy atom. The first kappa shape index (κ1) is 25.2. The van der Waals surface area contributed by atoms with Crippen LogP contribution in [0, 0.1) is 13.8 Å². The zero-order chi connectivity index (χ0) is 24.6. The second kappa shape index (κ2) is 12.2. The molecule has 35 heavy (non-hydrogen) atoms. The van der Waals surface area contributed by atoms with Crippen molar-refractivity contribution in [2.24, 2.45) is 0 Å². The van der Waals surface area contributed by atoms with Gasteiger partial charge in [-0.05, 0) is 74.9 Å². The van der Waals surface area contributed by atoms with E-state index in [4.69, 9.17) is 15.0 Å². The lowest BCUT2D eigenvalue weighted by Crippen LogP contribution is -2.31. The van der Waals surface area contributed by atoms with Crippen LogP contribution in [0.4, 0.5) is 11.9 Å². The maximum absolute atomic E-state index is 5.09. The molecule has 1 aliphatic rings. The Labute approximate surface area is 211 Å². The summed E-state index contributed by atoms with van der Waals surface area (Å²) in [5.41, 5.74) is 4.67. The summed E-state index contributed by atoms with van der Waals surface area (Å²) in [6.45, 7) is 12.8. The average molecular weight is 475 g/mol. The quantitative estimate of drug-likeness (QED) is 0.326. The highest BCUT2D eigenvalue weighted by Crippen LogP contribution is 2.27. The van der Waals surface area contributed by atoms with E-state index < -0.39 is 0 Å². The maximum atomic E-state index is 5.09. The third-order valence-electron chi connectivity index (χ3n) is 6.81. The highest BCUT2D eigenvalue weighted by Gasteiger charge is 2.20. The van der Waals surface area contributed by atoms with Crippen LogP contribution in [-0.2, 0) is 0 Å². The summed E-state index contributed by atoms with van der Waals surface area (Å²) in [4.78, 5) is 20.0. The number of unbranched alkanes of at least 4 members (excludes halogenated alkanes) is 2. The van der Waals surface area contributed by atoms with Crippen LogP contribution in [0.15, 0.2) is 36.5 Å². The van der Waals surface area contributed by atoms with Crippen molar-refractivity contribution in [1.29, 1.82) is 0 Å². The zero-order valence-corrected chi connectivity index (χ0v) is 22.1. The minimum absolute atomic E-state index is 0.761. The molecule has 1 aliphatic heterocycles. The fourth-order valence-corrected chi connectivity index (χ4v) is 4.91. The van der Waals surface area contributed by atoms with E-state index in [1.165, 1.54) is 36.8 Å². The molecule has 1 aromatic carbocycles. The molecule has 0 saturated carbocycles. The van der Waals surface area contributed by atoms with E-state index in [2.05, 4.69) is 78.6 Å². The fraction of sp³-hybridized carbons (Fsp3) is 0.552. The summed E-state index contributed by atoms with van der Waals surface area (Å²) < 4.78 is 2.22. The molecule has 0 atom stereocenters. The minimum atomic E-state index is 0.761. The van der Waals surface area contributed by atoms with Crippen LogP contribution in [0.25, 0.3) is 17.2 Å². The number of nitrogens with zero attached hydrogens (tertiary/aromatic N) is 6. The van der Waals surface area contributed by atoms with Crippen LogP contribution in [-0.4, -0.2) is 45.7 Å². The van der Waals surface area contributed by atoms with E-state index in [1.807, 2.05) is 0 Å². The predicted molar refractivity (Wildman–Crippen MR) is 147 cm³/mol. The van der Waals surface area contributed by atoms with E-state index in [0.717, 1.165) is 81.0 Å². The molecule has 0 N–H and O–H groups in total. The number of rotatable bonds is 10. The maximum Gasteiger partial charge on any atom is 0.230 e. The average Bonchev–Trinajstić information content (AvgIpc) is 3.18. The molecule has 0 spiro atoms. The molecule has 1 saturated heterocycles. The topological polar surface area (TPSA) is 50.1 Å². The van der Waals surface area contributed by atoms with E-state index in [-0.39, 0.29) is 0 Å². The molecule has 3 heterocycles. The molecule has 3 aromatic rings. The lowest BCUT2D eigenvalue weighted by Gasteiger charge is -2.26. The fourth-order valence-electron chi connectivity index (χ4n) is 4.91. The summed E-state index contributed by atoms with van der Waals surface area (Å²) in [7, 11) is 0. The lowest BCUT2D eigenvalue weighted by atomic mass is 10.1. The molecule has 6 heteroatoms. The second-order valence-electron chi connectivity index (χ2n) is 9.96. The third kappa shape index (κ3) is 6.41. The van der Waals surface area contributed by atoms with Gasteiger partial charge < -0.3 is 14.4 Å². The van der Waals surface area contributed by atoms with E-state index >= 15 is 0 Å². The SMILES string of the molecule is CCCCN(CCCC)c1nc(-c2cccn2-c2cc(C)cc(C)c2)nc(N2CCCCCC2)n1. The van der Waals surface area contributed by atoms with Crippen molar-refractivity contribution in [3.8, 4) is 17.2 Å². The molecule has 0 aliphatic carbocycles. The van der Waals surface area contributed by atoms with Gasteiger partial charge >= 0.3 is 0 Å². The van der Waals surface area contributed by atoms with Crippen LogP contribution < -0.4 is 9.80 Å². The Morgan fingerprint density at radius 3 is 2.11 bits per heavy atom. The molecule has 2 aromatic heterocycles. The molecular formula is C29H42N6. The highest BCUT2D eigenvalue weighted by molar-refractivity contribution is 5.59. The van der Waals surface area contributed by atoms with Crippen LogP contribution in [0.3, 0.4) is 0 Å². The summed E-state index contributed by atoms with van der Waals surface area (Å²) in [6, 6.07) is 10.9. The zero-order valence-electron chi connectivity index (χ0n) is 22.1. The highest BCUT2D eigenvalue weighted by atomic mass is 15.3. The first-order chi connectivity index (χ1) is 17.1. The van der Waals surface area contributed by atoms with Crippen LogP contribution in [0.5, 0.6) is 0 Å². The van der Waals surface area contributed by atoms with Crippen molar-refractivity contribution < 1.29 is 0 Å². The Bertz CT molecular complexity index is 1050. The molecule has 4 rings (SSSR count). The van der Waals surface area contributed by atoms with Crippen molar-refractivity contribution in [2.45, 2.75) is 79.1 Å². The van der Waals surface area contributed by atoms with Gasteiger partial charge in [0.25, 0.3) is 0 Å². The molecule has 0 radical (unpaired) electrons. The molecule has 0 bridgehead atoms. The first-order valence-electron chi connectivity index (χ1n) is 13.6. The Balaban J connectivity index is 1.80. The summed E-state index contributed by atoms with van der Waals surface area (Å²) in [6.07, 6.45) is 11.7. The van der Waals surface area contributed by atoms with Crippen molar-refractivity contribution >= 4 is 11.9 Å².